The Hall–Kier alpha value is -1.02. The number of nitrogens with zero attached hydrogens (tertiary/aromatic N) is 1. The fourth-order valence-electron chi connectivity index (χ4n) is 2.48. The lowest BCUT2D eigenvalue weighted by molar-refractivity contribution is -0.132. The van der Waals surface area contributed by atoms with Gasteiger partial charge >= 0.3 is 0 Å². The Labute approximate surface area is 114 Å². The van der Waals surface area contributed by atoms with E-state index >= 15 is 0 Å². The van der Waals surface area contributed by atoms with Gasteiger partial charge in [-0.2, -0.15) is 0 Å². The van der Waals surface area contributed by atoms with Crippen LogP contribution in [-0.2, 0) is 11.2 Å². The molecule has 98 valence electrons. The van der Waals surface area contributed by atoms with Crippen molar-refractivity contribution in [2.24, 2.45) is 5.92 Å². The van der Waals surface area contributed by atoms with Gasteiger partial charge in [0.15, 0.2) is 0 Å². The van der Waals surface area contributed by atoms with Crippen LogP contribution in [0.25, 0.3) is 0 Å². The number of hydrogen-bond acceptors (Lipinski definition) is 1. The molecule has 0 radical (unpaired) electrons. The molecule has 1 aromatic carbocycles. The zero-order valence-corrected chi connectivity index (χ0v) is 11.6. The summed E-state index contributed by atoms with van der Waals surface area (Å²) in [6.07, 6.45) is 3.81. The SMILES string of the molecule is C[C@@H]1CCCN(C(=O)CCc2ccc(Cl)cc2)C1. The minimum atomic E-state index is 0.288. The van der Waals surface area contributed by atoms with Gasteiger partial charge in [-0.05, 0) is 42.9 Å². The van der Waals surface area contributed by atoms with Gasteiger partial charge in [-0.3, -0.25) is 4.79 Å². The van der Waals surface area contributed by atoms with Crippen LogP contribution in [0.3, 0.4) is 0 Å². The van der Waals surface area contributed by atoms with Crippen molar-refractivity contribution in [3.63, 3.8) is 0 Å². The number of carbonyl (C=O) groups is 1. The molecule has 2 nitrogen and oxygen atoms in total. The summed E-state index contributed by atoms with van der Waals surface area (Å²) >= 11 is 5.84. The lowest BCUT2D eigenvalue weighted by Gasteiger charge is -2.31. The molecule has 1 heterocycles. The van der Waals surface area contributed by atoms with Crippen LogP contribution in [0.1, 0.15) is 31.7 Å². The third-order valence-corrected chi connectivity index (χ3v) is 3.80. The van der Waals surface area contributed by atoms with Gasteiger partial charge in [0.25, 0.3) is 0 Å². The lowest BCUT2D eigenvalue weighted by Crippen LogP contribution is -2.39. The molecule has 1 aliphatic heterocycles. The van der Waals surface area contributed by atoms with Crippen LogP contribution in [0.5, 0.6) is 0 Å². The van der Waals surface area contributed by atoms with E-state index in [-0.39, 0.29) is 5.91 Å². The van der Waals surface area contributed by atoms with Crippen molar-refractivity contribution in [2.75, 3.05) is 13.1 Å². The first-order valence-electron chi connectivity index (χ1n) is 6.67. The van der Waals surface area contributed by atoms with Gasteiger partial charge < -0.3 is 4.90 Å². The Morgan fingerprint density at radius 3 is 2.78 bits per heavy atom. The maximum absolute atomic E-state index is 12.1. The summed E-state index contributed by atoms with van der Waals surface area (Å²) in [5.74, 6) is 0.940. The molecule has 0 unspecified atom stereocenters. The van der Waals surface area contributed by atoms with Crippen LogP contribution in [0.4, 0.5) is 0 Å². The Kier molecular flexibility index (Phi) is 4.65. The van der Waals surface area contributed by atoms with E-state index in [4.69, 9.17) is 11.6 Å². The highest BCUT2D eigenvalue weighted by molar-refractivity contribution is 6.30. The van der Waals surface area contributed by atoms with Crippen LogP contribution in [0, 0.1) is 5.92 Å². The molecule has 0 N–H and O–H groups in total. The normalized spacial score (nSPS) is 19.9. The molecule has 1 amide bonds. The molecule has 0 aromatic heterocycles. The maximum Gasteiger partial charge on any atom is 0.222 e. The van der Waals surface area contributed by atoms with Crippen molar-refractivity contribution in [1.29, 1.82) is 0 Å². The zero-order chi connectivity index (χ0) is 13.0. The van der Waals surface area contributed by atoms with Crippen molar-refractivity contribution in [1.82, 2.24) is 4.90 Å². The summed E-state index contributed by atoms with van der Waals surface area (Å²) in [6, 6.07) is 7.75. The molecule has 1 saturated heterocycles. The fourth-order valence-corrected chi connectivity index (χ4v) is 2.60. The maximum atomic E-state index is 12.1. The van der Waals surface area contributed by atoms with Crippen molar-refractivity contribution in [3.05, 3.63) is 34.9 Å². The van der Waals surface area contributed by atoms with E-state index in [0.29, 0.717) is 12.3 Å². The number of piperidine rings is 1. The Bertz CT molecular complexity index is 401. The van der Waals surface area contributed by atoms with E-state index in [1.807, 2.05) is 29.2 Å². The number of benzene rings is 1. The van der Waals surface area contributed by atoms with Crippen LogP contribution in [0.15, 0.2) is 24.3 Å². The quantitative estimate of drug-likeness (QED) is 0.819. The van der Waals surface area contributed by atoms with Gasteiger partial charge in [0.2, 0.25) is 5.91 Å². The van der Waals surface area contributed by atoms with Crippen LogP contribution < -0.4 is 0 Å². The van der Waals surface area contributed by atoms with Gasteiger partial charge in [0.05, 0.1) is 0 Å². The van der Waals surface area contributed by atoms with Crippen molar-refractivity contribution < 1.29 is 4.79 Å². The molecule has 2 rings (SSSR count). The molecule has 0 bridgehead atoms. The van der Waals surface area contributed by atoms with Gasteiger partial charge in [0.1, 0.15) is 0 Å². The minimum absolute atomic E-state index is 0.288. The molecule has 18 heavy (non-hydrogen) atoms. The van der Waals surface area contributed by atoms with E-state index in [9.17, 15) is 4.79 Å². The first kappa shape index (κ1) is 13.4. The van der Waals surface area contributed by atoms with Crippen molar-refractivity contribution in [3.8, 4) is 0 Å². The fraction of sp³-hybridized carbons (Fsp3) is 0.533. The Morgan fingerprint density at radius 1 is 1.39 bits per heavy atom. The number of rotatable bonds is 3. The average Bonchev–Trinajstić information content (AvgIpc) is 2.38. The molecule has 0 spiro atoms. The first-order chi connectivity index (χ1) is 8.65. The van der Waals surface area contributed by atoms with Gasteiger partial charge in [-0.25, -0.2) is 0 Å². The second-order valence-corrected chi connectivity index (χ2v) is 5.65. The summed E-state index contributed by atoms with van der Waals surface area (Å²) < 4.78 is 0. The van der Waals surface area contributed by atoms with E-state index in [2.05, 4.69) is 6.92 Å². The Balaban J connectivity index is 1.82. The van der Waals surface area contributed by atoms with Crippen LogP contribution in [-0.4, -0.2) is 23.9 Å². The lowest BCUT2D eigenvalue weighted by atomic mass is 9.99. The van der Waals surface area contributed by atoms with Crippen molar-refractivity contribution in [2.45, 2.75) is 32.6 Å². The van der Waals surface area contributed by atoms with E-state index in [1.165, 1.54) is 12.0 Å². The highest BCUT2D eigenvalue weighted by Crippen LogP contribution is 2.17. The molecule has 1 fully saturated rings. The predicted molar refractivity (Wildman–Crippen MR) is 74.8 cm³/mol. The number of amides is 1. The molecular formula is C15H20ClNO. The molecule has 3 heteroatoms. The molecular weight excluding hydrogens is 246 g/mol. The van der Waals surface area contributed by atoms with E-state index in [1.54, 1.807) is 0 Å². The van der Waals surface area contributed by atoms with Crippen LogP contribution in [0.2, 0.25) is 5.02 Å². The molecule has 1 aliphatic rings. The standard InChI is InChI=1S/C15H20ClNO/c1-12-3-2-10-17(11-12)15(18)9-6-13-4-7-14(16)8-5-13/h4-5,7-8,12H,2-3,6,9-11H2,1H3/t12-/m1/s1. The zero-order valence-electron chi connectivity index (χ0n) is 10.9. The number of halogens is 1. The topological polar surface area (TPSA) is 20.3 Å². The van der Waals surface area contributed by atoms with Gasteiger partial charge in [-0.15, -0.1) is 0 Å². The van der Waals surface area contributed by atoms with E-state index in [0.717, 1.165) is 31.0 Å². The molecule has 0 aliphatic carbocycles. The average molecular weight is 266 g/mol. The summed E-state index contributed by atoms with van der Waals surface area (Å²) in [7, 11) is 0. The largest absolute Gasteiger partial charge is 0.342 e. The van der Waals surface area contributed by atoms with Crippen molar-refractivity contribution >= 4 is 17.5 Å². The Morgan fingerprint density at radius 2 is 2.11 bits per heavy atom. The highest BCUT2D eigenvalue weighted by atomic mass is 35.5. The third-order valence-electron chi connectivity index (χ3n) is 3.55. The number of hydrogen-bond donors (Lipinski definition) is 0. The second-order valence-electron chi connectivity index (χ2n) is 5.21. The van der Waals surface area contributed by atoms with Gasteiger partial charge in [-0.1, -0.05) is 30.7 Å². The second kappa shape index (κ2) is 6.24. The first-order valence-corrected chi connectivity index (χ1v) is 7.05. The molecule has 1 atom stereocenters. The van der Waals surface area contributed by atoms with E-state index < -0.39 is 0 Å². The highest BCUT2D eigenvalue weighted by Gasteiger charge is 2.20. The number of carbonyl (C=O) groups excluding carboxylic acids is 1. The monoisotopic (exact) mass is 265 g/mol. The smallest absolute Gasteiger partial charge is 0.222 e. The van der Waals surface area contributed by atoms with Gasteiger partial charge in [0, 0.05) is 24.5 Å². The predicted octanol–water partition coefficient (Wildman–Crippen LogP) is 3.53. The molecule has 1 aromatic rings. The summed E-state index contributed by atoms with van der Waals surface area (Å²) in [5.41, 5.74) is 1.18. The molecule has 0 saturated carbocycles. The number of likely N-dealkylation sites (tertiary alicyclic amines) is 1. The minimum Gasteiger partial charge on any atom is -0.342 e. The number of aryl methyl sites for hydroxylation is 1. The summed E-state index contributed by atoms with van der Waals surface area (Å²) in [4.78, 5) is 14.1. The third kappa shape index (κ3) is 3.74. The van der Waals surface area contributed by atoms with Crippen LogP contribution >= 0.6 is 11.6 Å². The summed E-state index contributed by atoms with van der Waals surface area (Å²) in [6.45, 7) is 4.09. The summed E-state index contributed by atoms with van der Waals surface area (Å²) in [5, 5.41) is 0.745.